The number of fused-ring (bicyclic) bond motifs is 1. The van der Waals surface area contributed by atoms with Crippen LogP contribution in [0.25, 0.3) is 32.5 Å². The summed E-state index contributed by atoms with van der Waals surface area (Å²) >= 11 is 0. The molecule has 3 aromatic rings. The molecule has 0 fully saturated rings. The largest absolute Gasteiger partial charge is 0.480 e. The van der Waals surface area contributed by atoms with Crippen LogP contribution in [0.4, 0.5) is 11.8 Å². The number of hydrogen-bond donors (Lipinski definition) is 2. The number of anilines is 2. The summed E-state index contributed by atoms with van der Waals surface area (Å²) in [5.41, 5.74) is 22.5. The minimum Gasteiger partial charge on any atom is -0.480 e. The Morgan fingerprint density at radius 2 is 2.00 bits per heavy atom. The number of amides is 1. The maximum Gasteiger partial charge on any atom is 0.286 e. The molecule has 0 spiro atoms. The van der Waals surface area contributed by atoms with Gasteiger partial charge in [-0.25, -0.2) is 9.97 Å². The molecule has 4 N–H and O–H groups in total. The first kappa shape index (κ1) is 16.9. The van der Waals surface area contributed by atoms with Crippen LogP contribution in [0.1, 0.15) is 16.2 Å². The van der Waals surface area contributed by atoms with Crippen LogP contribution in [0, 0.1) is 6.92 Å². The Kier molecular flexibility index (Phi) is 4.21. The van der Waals surface area contributed by atoms with Crippen molar-refractivity contribution in [3.8, 4) is 17.0 Å². The van der Waals surface area contributed by atoms with E-state index in [4.69, 9.17) is 21.7 Å². The maximum atomic E-state index is 11.6. The third-order valence-electron chi connectivity index (χ3n) is 3.65. The van der Waals surface area contributed by atoms with Crippen LogP contribution < -0.4 is 16.2 Å². The number of carbonyl (C=O) groups excluding carboxylic acids is 1. The molecular weight excluding hydrogens is 338 g/mol. The van der Waals surface area contributed by atoms with Crippen LogP contribution in [0.15, 0.2) is 23.4 Å². The Morgan fingerprint density at radius 1 is 1.23 bits per heavy atom. The second kappa shape index (κ2) is 6.49. The molecule has 0 saturated carbocycles. The van der Waals surface area contributed by atoms with E-state index in [1.807, 2.05) is 13.0 Å². The van der Waals surface area contributed by atoms with E-state index < -0.39 is 5.91 Å². The van der Waals surface area contributed by atoms with Gasteiger partial charge in [-0.3, -0.25) is 4.79 Å². The van der Waals surface area contributed by atoms with Gasteiger partial charge >= 0.3 is 0 Å². The molecule has 1 amide bonds. The van der Waals surface area contributed by atoms with Crippen molar-refractivity contribution in [3.63, 3.8) is 0 Å². The van der Waals surface area contributed by atoms with Gasteiger partial charge in [-0.15, -0.1) is 0 Å². The first-order valence-corrected chi connectivity index (χ1v) is 7.28. The van der Waals surface area contributed by atoms with E-state index in [-0.39, 0.29) is 23.5 Å². The number of rotatable bonds is 3. The standard InChI is InChI=1S/C15H13N9O2/c1-6-3-8-10(20-15(17)21-11(8)16)4-7(6)9-5-19-12(13(25)23-24-18)22-14(9)26-2/h3-5H,1-2H3,(H4,16,17,20,21). The van der Waals surface area contributed by atoms with Crippen molar-refractivity contribution < 1.29 is 9.53 Å². The van der Waals surface area contributed by atoms with Crippen molar-refractivity contribution in [3.05, 3.63) is 40.2 Å². The lowest BCUT2D eigenvalue weighted by molar-refractivity contribution is 0.0989. The molecule has 26 heavy (non-hydrogen) atoms. The number of nitrogens with two attached hydrogens (primary N) is 2. The molecule has 11 heteroatoms. The summed E-state index contributed by atoms with van der Waals surface area (Å²) in [5.74, 6) is -0.684. The summed E-state index contributed by atoms with van der Waals surface area (Å²) in [6.07, 6.45) is 1.41. The molecule has 0 saturated heterocycles. The average molecular weight is 351 g/mol. The number of nitrogens with zero attached hydrogens (tertiary/aromatic N) is 7. The molecule has 2 heterocycles. The fraction of sp³-hybridized carbons (Fsp3) is 0.133. The third kappa shape index (κ3) is 2.89. The van der Waals surface area contributed by atoms with Gasteiger partial charge in [0.25, 0.3) is 5.91 Å². The number of nitrogen functional groups attached to an aromatic ring is 2. The van der Waals surface area contributed by atoms with Crippen molar-refractivity contribution in [2.24, 2.45) is 5.11 Å². The van der Waals surface area contributed by atoms with Gasteiger partial charge in [0.1, 0.15) is 5.82 Å². The Morgan fingerprint density at radius 3 is 2.69 bits per heavy atom. The Balaban J connectivity index is 2.21. The van der Waals surface area contributed by atoms with Crippen molar-refractivity contribution in [1.29, 1.82) is 0 Å². The number of aryl methyl sites for hydroxylation is 1. The smallest absolute Gasteiger partial charge is 0.286 e. The monoisotopic (exact) mass is 351 g/mol. The van der Waals surface area contributed by atoms with E-state index in [9.17, 15) is 4.79 Å². The summed E-state index contributed by atoms with van der Waals surface area (Å²) in [7, 11) is 1.40. The van der Waals surface area contributed by atoms with Gasteiger partial charge < -0.3 is 16.2 Å². The molecule has 0 aliphatic rings. The quantitative estimate of drug-likeness (QED) is 0.408. The van der Waals surface area contributed by atoms with Crippen LogP contribution in [0.3, 0.4) is 0 Å². The van der Waals surface area contributed by atoms with E-state index >= 15 is 0 Å². The lowest BCUT2D eigenvalue weighted by atomic mass is 10.00. The van der Waals surface area contributed by atoms with Gasteiger partial charge in [-0.05, 0) is 40.8 Å². The van der Waals surface area contributed by atoms with Gasteiger partial charge in [0.2, 0.25) is 17.7 Å². The molecule has 1 aromatic carbocycles. The molecule has 0 radical (unpaired) electrons. The predicted octanol–water partition coefficient (Wildman–Crippen LogP) is 2.02. The first-order chi connectivity index (χ1) is 12.4. The zero-order valence-corrected chi connectivity index (χ0v) is 13.8. The van der Waals surface area contributed by atoms with Gasteiger partial charge in [-0.1, -0.05) is 0 Å². The number of hydrogen-bond acceptors (Lipinski definition) is 8. The number of carbonyl (C=O) groups is 1. The lowest BCUT2D eigenvalue weighted by Gasteiger charge is -2.12. The fourth-order valence-corrected chi connectivity index (χ4v) is 2.51. The second-order valence-electron chi connectivity index (χ2n) is 5.26. The van der Waals surface area contributed by atoms with Crippen LogP contribution in [-0.4, -0.2) is 33.0 Å². The zero-order valence-electron chi connectivity index (χ0n) is 13.8. The number of ether oxygens (including phenoxy) is 1. The molecule has 130 valence electrons. The molecule has 0 atom stereocenters. The van der Waals surface area contributed by atoms with Crippen LogP contribution >= 0.6 is 0 Å². The third-order valence-corrected chi connectivity index (χ3v) is 3.65. The van der Waals surface area contributed by atoms with Gasteiger partial charge in [0, 0.05) is 16.5 Å². The van der Waals surface area contributed by atoms with Crippen LogP contribution in [0.5, 0.6) is 5.88 Å². The number of methoxy groups -OCH3 is 1. The SMILES string of the molecule is COc1nc(C(=O)N=[N+]=[N-])ncc1-c1cc2nc(N)nc(N)c2cc1C. The highest BCUT2D eigenvalue weighted by Gasteiger charge is 2.17. The minimum absolute atomic E-state index is 0.0586. The fourth-order valence-electron chi connectivity index (χ4n) is 2.51. The summed E-state index contributed by atoms with van der Waals surface area (Å²) in [4.78, 5) is 30.2. The highest BCUT2D eigenvalue weighted by atomic mass is 16.5. The molecular formula is C15H13N9O2. The van der Waals surface area contributed by atoms with E-state index in [2.05, 4.69) is 30.0 Å². The normalized spacial score (nSPS) is 10.4. The summed E-state index contributed by atoms with van der Waals surface area (Å²) < 4.78 is 5.26. The Hall–Kier alpha value is -3.98. The minimum atomic E-state index is -0.902. The molecule has 0 unspecified atom stereocenters. The van der Waals surface area contributed by atoms with Crippen molar-refractivity contribution in [2.45, 2.75) is 6.92 Å². The van der Waals surface area contributed by atoms with Gasteiger partial charge in [-0.2, -0.15) is 9.97 Å². The second-order valence-corrected chi connectivity index (χ2v) is 5.26. The zero-order chi connectivity index (χ0) is 18.8. The number of azide groups is 1. The average Bonchev–Trinajstić information content (AvgIpc) is 2.61. The molecule has 0 bridgehead atoms. The highest BCUT2D eigenvalue weighted by molar-refractivity contribution is 5.94. The van der Waals surface area contributed by atoms with Crippen molar-refractivity contribution in [1.82, 2.24) is 19.9 Å². The lowest BCUT2D eigenvalue weighted by Crippen LogP contribution is -2.05. The summed E-state index contributed by atoms with van der Waals surface area (Å²) in [6, 6.07) is 3.58. The van der Waals surface area contributed by atoms with E-state index in [1.54, 1.807) is 6.07 Å². The van der Waals surface area contributed by atoms with Crippen LogP contribution in [0.2, 0.25) is 0 Å². The molecule has 2 aromatic heterocycles. The molecule has 0 aliphatic carbocycles. The number of aromatic nitrogens is 4. The van der Waals surface area contributed by atoms with E-state index in [0.29, 0.717) is 16.5 Å². The topological polar surface area (TPSA) is 179 Å². The molecule has 11 nitrogen and oxygen atoms in total. The predicted molar refractivity (Wildman–Crippen MR) is 94.2 cm³/mol. The number of benzene rings is 1. The van der Waals surface area contributed by atoms with E-state index in [1.165, 1.54) is 13.3 Å². The van der Waals surface area contributed by atoms with Crippen LogP contribution in [-0.2, 0) is 0 Å². The van der Waals surface area contributed by atoms with Crippen molar-refractivity contribution >= 4 is 28.6 Å². The first-order valence-electron chi connectivity index (χ1n) is 7.28. The Bertz CT molecular complexity index is 1090. The highest BCUT2D eigenvalue weighted by Crippen LogP contribution is 2.34. The van der Waals surface area contributed by atoms with Gasteiger partial charge in [0.15, 0.2) is 0 Å². The molecule has 3 rings (SSSR count). The van der Waals surface area contributed by atoms with Crippen molar-refractivity contribution in [2.75, 3.05) is 18.6 Å². The maximum absolute atomic E-state index is 11.6. The summed E-state index contributed by atoms with van der Waals surface area (Å²) in [5, 5.41) is 3.63. The Labute approximate surface area is 146 Å². The van der Waals surface area contributed by atoms with Gasteiger partial charge in [0.05, 0.1) is 18.2 Å². The molecule has 0 aliphatic heterocycles. The van der Waals surface area contributed by atoms with E-state index in [0.717, 1.165) is 11.1 Å². The summed E-state index contributed by atoms with van der Waals surface area (Å²) in [6.45, 7) is 1.86.